The number of rotatable bonds is 15. The predicted octanol–water partition coefficient (Wildman–Crippen LogP) is 7.35. The molecule has 0 radical (unpaired) electrons. The summed E-state index contributed by atoms with van der Waals surface area (Å²) in [7, 11) is -4.23. The van der Waals surface area contributed by atoms with E-state index in [0.29, 0.717) is 28.6 Å². The van der Waals surface area contributed by atoms with Gasteiger partial charge in [-0.1, -0.05) is 73.0 Å². The van der Waals surface area contributed by atoms with Crippen molar-refractivity contribution in [3.63, 3.8) is 0 Å². The fourth-order valence-electron chi connectivity index (χ4n) is 6.01. The van der Waals surface area contributed by atoms with Crippen LogP contribution >= 0.6 is 23.4 Å². The van der Waals surface area contributed by atoms with Crippen LogP contribution in [0.4, 0.5) is 5.69 Å². The zero-order chi connectivity index (χ0) is 34.8. The summed E-state index contributed by atoms with van der Waals surface area (Å²) < 4.78 is 35.4. The minimum absolute atomic E-state index is 0.00762. The molecule has 11 heteroatoms. The number of amides is 2. The van der Waals surface area contributed by atoms with E-state index < -0.39 is 28.5 Å². The highest BCUT2D eigenvalue weighted by Crippen LogP contribution is 2.29. The number of carbonyl (C=O) groups excluding carboxylic acids is 2. The van der Waals surface area contributed by atoms with E-state index >= 15 is 0 Å². The van der Waals surface area contributed by atoms with Crippen LogP contribution < -0.4 is 14.4 Å². The van der Waals surface area contributed by atoms with E-state index in [0.717, 1.165) is 40.4 Å². The normalized spacial score (nSPS) is 13.9. The Morgan fingerprint density at radius 1 is 0.918 bits per heavy atom. The maximum Gasteiger partial charge on any atom is 0.264 e. The first-order chi connectivity index (χ1) is 23.7. The van der Waals surface area contributed by atoms with E-state index in [1.165, 1.54) is 16.7 Å². The molecule has 8 nitrogen and oxygen atoms in total. The van der Waals surface area contributed by atoms with Crippen molar-refractivity contribution in [2.75, 3.05) is 23.7 Å². The molecule has 2 amide bonds. The molecule has 1 N–H and O–H groups in total. The fourth-order valence-corrected chi connectivity index (χ4v) is 8.03. The van der Waals surface area contributed by atoms with Gasteiger partial charge in [0.15, 0.2) is 0 Å². The van der Waals surface area contributed by atoms with Crippen molar-refractivity contribution in [1.29, 1.82) is 0 Å². The van der Waals surface area contributed by atoms with Crippen molar-refractivity contribution in [3.8, 4) is 5.75 Å². The van der Waals surface area contributed by atoms with Crippen LogP contribution in [0.15, 0.2) is 113 Å². The molecule has 0 unspecified atom stereocenters. The molecule has 0 heterocycles. The molecule has 1 fully saturated rings. The number of thioether (sulfide) groups is 1. The smallest absolute Gasteiger partial charge is 0.264 e. The van der Waals surface area contributed by atoms with Crippen molar-refractivity contribution in [3.05, 3.63) is 119 Å². The molecular formula is C38H42ClN3O5S2. The molecule has 1 saturated carbocycles. The van der Waals surface area contributed by atoms with Gasteiger partial charge in [0.1, 0.15) is 18.3 Å². The summed E-state index contributed by atoms with van der Waals surface area (Å²) in [5.74, 6) is -0.244. The van der Waals surface area contributed by atoms with Gasteiger partial charge in [0.05, 0.1) is 17.2 Å². The minimum atomic E-state index is -4.23. The van der Waals surface area contributed by atoms with Crippen LogP contribution in [0.1, 0.15) is 43.7 Å². The van der Waals surface area contributed by atoms with Crippen LogP contribution in [0.25, 0.3) is 0 Å². The summed E-state index contributed by atoms with van der Waals surface area (Å²) in [5.41, 5.74) is 1.81. The van der Waals surface area contributed by atoms with E-state index in [1.54, 1.807) is 60.7 Å². The Bertz CT molecular complexity index is 1800. The number of sulfonamides is 1. The van der Waals surface area contributed by atoms with Gasteiger partial charge in [-0.15, -0.1) is 11.8 Å². The number of ether oxygens (including phenoxy) is 1. The third kappa shape index (κ3) is 9.38. The summed E-state index contributed by atoms with van der Waals surface area (Å²) in [4.78, 5) is 31.3. The standard InChI is InChI=1S/C38H42ClN3O5S2/c1-3-47-32-19-17-31(18-20-32)42(49(45,46)34-23-21-33(48-2)22-24-34)27-37(43)41(26-29-13-7-10-16-35(29)39)36(25-28-11-5-4-6-12-28)38(44)40-30-14-8-9-15-30/h4-7,10-13,16-24,30,36H,3,8-9,14-15,25-27H2,1-2H3,(H,40,44)/t36-/m1/s1. The number of hydrogen-bond donors (Lipinski definition) is 1. The second-order valence-electron chi connectivity index (χ2n) is 11.9. The first kappa shape index (κ1) is 36.3. The van der Waals surface area contributed by atoms with Gasteiger partial charge in [-0.2, -0.15) is 0 Å². The van der Waals surface area contributed by atoms with E-state index in [4.69, 9.17) is 16.3 Å². The van der Waals surface area contributed by atoms with E-state index in [9.17, 15) is 18.0 Å². The highest BCUT2D eigenvalue weighted by Gasteiger charge is 2.36. The molecule has 0 saturated heterocycles. The zero-order valence-electron chi connectivity index (χ0n) is 27.8. The Kier molecular flexibility index (Phi) is 12.7. The maximum atomic E-state index is 14.7. The topological polar surface area (TPSA) is 96.0 Å². The highest BCUT2D eigenvalue weighted by atomic mass is 35.5. The van der Waals surface area contributed by atoms with Crippen LogP contribution in [0.3, 0.4) is 0 Å². The van der Waals surface area contributed by atoms with Gasteiger partial charge >= 0.3 is 0 Å². The van der Waals surface area contributed by atoms with Crippen LogP contribution in [-0.4, -0.2) is 56.6 Å². The van der Waals surface area contributed by atoms with Gasteiger partial charge in [-0.05, 0) is 91.7 Å². The Labute approximate surface area is 298 Å². The molecule has 0 spiro atoms. The minimum Gasteiger partial charge on any atom is -0.494 e. The third-order valence-electron chi connectivity index (χ3n) is 8.63. The van der Waals surface area contributed by atoms with Crippen LogP contribution in [0, 0.1) is 0 Å². The SMILES string of the molecule is CCOc1ccc(N(CC(=O)N(Cc2ccccc2Cl)[C@H](Cc2ccccc2)C(=O)NC2CCCC2)S(=O)(=O)c2ccc(SC)cc2)cc1. The lowest BCUT2D eigenvalue weighted by Gasteiger charge is -2.34. The second-order valence-corrected chi connectivity index (χ2v) is 15.1. The third-order valence-corrected chi connectivity index (χ3v) is 11.5. The molecule has 5 rings (SSSR count). The molecule has 0 aliphatic heterocycles. The predicted molar refractivity (Wildman–Crippen MR) is 197 cm³/mol. The molecule has 0 aromatic heterocycles. The van der Waals surface area contributed by atoms with E-state index in [-0.39, 0.29) is 29.8 Å². The quantitative estimate of drug-likeness (QED) is 0.129. The number of hydrogen-bond acceptors (Lipinski definition) is 6. The lowest BCUT2D eigenvalue weighted by atomic mass is 10.0. The van der Waals surface area contributed by atoms with Crippen LogP contribution in [-0.2, 0) is 32.6 Å². The van der Waals surface area contributed by atoms with Gasteiger partial charge in [-0.25, -0.2) is 8.42 Å². The molecule has 1 atom stereocenters. The van der Waals surface area contributed by atoms with E-state index in [2.05, 4.69) is 5.32 Å². The number of halogens is 1. The summed E-state index contributed by atoms with van der Waals surface area (Å²) in [5, 5.41) is 3.64. The molecule has 4 aromatic carbocycles. The van der Waals surface area contributed by atoms with Crippen LogP contribution in [0.5, 0.6) is 5.75 Å². The number of nitrogens with zero attached hydrogens (tertiary/aromatic N) is 2. The van der Waals surface area contributed by atoms with Gasteiger partial charge in [0, 0.05) is 28.9 Å². The number of benzene rings is 4. The second kappa shape index (κ2) is 17.1. The van der Waals surface area contributed by atoms with Gasteiger partial charge in [0.25, 0.3) is 10.0 Å². The van der Waals surface area contributed by atoms with Crippen molar-refractivity contribution in [2.45, 2.75) is 67.4 Å². The lowest BCUT2D eigenvalue weighted by molar-refractivity contribution is -0.140. The first-order valence-corrected chi connectivity index (χ1v) is 19.5. The Hall–Kier alpha value is -3.99. The van der Waals surface area contributed by atoms with Crippen molar-refractivity contribution in [1.82, 2.24) is 10.2 Å². The lowest BCUT2D eigenvalue weighted by Crippen LogP contribution is -2.54. The molecule has 1 aliphatic carbocycles. The largest absolute Gasteiger partial charge is 0.494 e. The van der Waals surface area contributed by atoms with Crippen molar-refractivity contribution in [2.24, 2.45) is 0 Å². The first-order valence-electron chi connectivity index (χ1n) is 16.5. The molecule has 49 heavy (non-hydrogen) atoms. The van der Waals surface area contributed by atoms with Crippen LogP contribution in [0.2, 0.25) is 5.02 Å². The molecule has 0 bridgehead atoms. The van der Waals surface area contributed by atoms with Crippen molar-refractivity contribution >= 4 is 50.9 Å². The summed E-state index contributed by atoms with van der Waals surface area (Å²) in [6, 6.07) is 28.9. The average molecular weight is 720 g/mol. The van der Waals surface area contributed by atoms with Gasteiger partial charge < -0.3 is 15.0 Å². The molecule has 4 aromatic rings. The number of nitrogens with one attached hydrogen (secondary N) is 1. The summed E-state index contributed by atoms with van der Waals surface area (Å²) in [6.07, 6.45) is 5.97. The van der Waals surface area contributed by atoms with E-state index in [1.807, 2.05) is 55.6 Å². The molecular weight excluding hydrogens is 678 g/mol. The number of anilines is 1. The maximum absolute atomic E-state index is 14.7. The number of carbonyl (C=O) groups is 2. The molecule has 1 aliphatic rings. The monoisotopic (exact) mass is 719 g/mol. The van der Waals surface area contributed by atoms with Gasteiger partial charge in [0.2, 0.25) is 11.8 Å². The Morgan fingerprint density at radius 2 is 1.57 bits per heavy atom. The Balaban J connectivity index is 1.57. The fraction of sp³-hybridized carbons (Fsp3) is 0.316. The highest BCUT2D eigenvalue weighted by molar-refractivity contribution is 7.98. The zero-order valence-corrected chi connectivity index (χ0v) is 30.1. The van der Waals surface area contributed by atoms with Gasteiger partial charge in [-0.3, -0.25) is 13.9 Å². The summed E-state index contributed by atoms with van der Waals surface area (Å²) in [6.45, 7) is 1.77. The van der Waals surface area contributed by atoms with Crippen molar-refractivity contribution < 1.29 is 22.7 Å². The summed E-state index contributed by atoms with van der Waals surface area (Å²) >= 11 is 8.12. The molecule has 258 valence electrons. The average Bonchev–Trinajstić information content (AvgIpc) is 3.63. The Morgan fingerprint density at radius 3 is 2.20 bits per heavy atom.